The summed E-state index contributed by atoms with van der Waals surface area (Å²) in [6, 6.07) is 48.5. The van der Waals surface area contributed by atoms with E-state index in [1.54, 1.807) is 0 Å². The van der Waals surface area contributed by atoms with Gasteiger partial charge in [-0.25, -0.2) is 9.83 Å². The van der Waals surface area contributed by atoms with Crippen LogP contribution in [0, 0.1) is 6.57 Å². The number of aromatic nitrogens is 3. The molecule has 3 aromatic heterocycles. The third-order valence-electron chi connectivity index (χ3n) is 8.82. The first-order valence-electron chi connectivity index (χ1n) is 14.9. The van der Waals surface area contributed by atoms with Crippen molar-refractivity contribution in [3.8, 4) is 28.2 Å². The summed E-state index contributed by atoms with van der Waals surface area (Å²) in [4.78, 5) is 13.7. The number of hydrogen-bond donors (Lipinski definition) is 0. The van der Waals surface area contributed by atoms with E-state index in [9.17, 15) is 0 Å². The predicted molar refractivity (Wildman–Crippen MR) is 186 cm³/mol. The van der Waals surface area contributed by atoms with Crippen molar-refractivity contribution in [1.29, 1.82) is 0 Å². The standard InChI is InChI=1S/C41H24N4/c1-42-29-17-21-39-35(25-29)34-23-27(16-20-38(34)45(39)30-10-3-2-4-11-30)28-15-18-32-37(24-28)44-41(36-13-7-8-22-43-36)33-19-14-26-9-5-6-12-31(26)40(32)33/h2-25H. The molecule has 9 aromatic rings. The maximum Gasteiger partial charge on any atom is 0.188 e. The van der Waals surface area contributed by atoms with Crippen LogP contribution in [0.5, 0.6) is 0 Å². The quantitative estimate of drug-likeness (QED) is 0.156. The van der Waals surface area contributed by atoms with Crippen molar-refractivity contribution in [1.82, 2.24) is 14.5 Å². The number of hydrogen-bond acceptors (Lipinski definition) is 2. The number of fused-ring (bicyclic) bond motifs is 8. The zero-order valence-corrected chi connectivity index (χ0v) is 24.1. The second-order valence-corrected chi connectivity index (χ2v) is 11.3. The highest BCUT2D eigenvalue weighted by Crippen LogP contribution is 2.40. The van der Waals surface area contributed by atoms with Crippen molar-refractivity contribution in [3.63, 3.8) is 0 Å². The van der Waals surface area contributed by atoms with Crippen molar-refractivity contribution in [3.05, 3.63) is 157 Å². The maximum absolute atomic E-state index is 7.65. The Labute approximate surface area is 259 Å². The van der Waals surface area contributed by atoms with Crippen LogP contribution in [0.25, 0.3) is 87.3 Å². The van der Waals surface area contributed by atoms with Crippen LogP contribution in [0.3, 0.4) is 0 Å². The molecule has 0 fully saturated rings. The lowest BCUT2D eigenvalue weighted by atomic mass is 9.94. The molecule has 9 rings (SSSR count). The van der Waals surface area contributed by atoms with E-state index in [0.717, 1.165) is 66.3 Å². The molecule has 0 bridgehead atoms. The van der Waals surface area contributed by atoms with Gasteiger partial charge in [0.05, 0.1) is 34.5 Å². The first-order valence-corrected chi connectivity index (χ1v) is 14.9. The van der Waals surface area contributed by atoms with E-state index in [4.69, 9.17) is 11.6 Å². The molecule has 3 heterocycles. The highest BCUT2D eigenvalue weighted by Gasteiger charge is 2.17. The third-order valence-corrected chi connectivity index (χ3v) is 8.82. The molecule has 0 spiro atoms. The van der Waals surface area contributed by atoms with Gasteiger partial charge in [0, 0.05) is 33.4 Å². The minimum absolute atomic E-state index is 0.635. The van der Waals surface area contributed by atoms with Gasteiger partial charge in [0.2, 0.25) is 0 Å². The van der Waals surface area contributed by atoms with Gasteiger partial charge in [0.15, 0.2) is 5.69 Å². The zero-order valence-electron chi connectivity index (χ0n) is 24.1. The summed E-state index contributed by atoms with van der Waals surface area (Å²) in [5.74, 6) is 0. The average molecular weight is 573 g/mol. The summed E-state index contributed by atoms with van der Waals surface area (Å²) in [5.41, 5.74) is 8.78. The van der Waals surface area contributed by atoms with E-state index in [-0.39, 0.29) is 0 Å². The predicted octanol–water partition coefficient (Wildman–Crippen LogP) is 10.9. The summed E-state index contributed by atoms with van der Waals surface area (Å²) in [7, 11) is 0. The van der Waals surface area contributed by atoms with Crippen LogP contribution >= 0.6 is 0 Å². The van der Waals surface area contributed by atoms with E-state index in [0.29, 0.717) is 5.69 Å². The van der Waals surface area contributed by atoms with Crippen molar-refractivity contribution >= 4 is 59.9 Å². The van der Waals surface area contributed by atoms with Gasteiger partial charge in [-0.3, -0.25) is 4.98 Å². The molecule has 0 saturated carbocycles. The number of para-hydroxylation sites is 1. The first kappa shape index (κ1) is 25.2. The van der Waals surface area contributed by atoms with Gasteiger partial charge < -0.3 is 4.57 Å². The molecule has 4 heteroatoms. The lowest BCUT2D eigenvalue weighted by Crippen LogP contribution is -1.93. The van der Waals surface area contributed by atoms with E-state index < -0.39 is 0 Å². The fourth-order valence-electron chi connectivity index (χ4n) is 6.77. The van der Waals surface area contributed by atoms with Crippen LogP contribution in [0.15, 0.2) is 146 Å². The van der Waals surface area contributed by atoms with Gasteiger partial charge in [-0.15, -0.1) is 0 Å². The SMILES string of the molecule is [C-]#[N+]c1ccc2c(c1)c1cc(-c3ccc4c(c3)nc(-c3ccccn3)c3ccc5ccccc5c34)ccc1n2-c1ccccc1. The van der Waals surface area contributed by atoms with Gasteiger partial charge in [0.25, 0.3) is 0 Å². The summed E-state index contributed by atoms with van der Waals surface area (Å²) in [6.07, 6.45) is 1.82. The summed E-state index contributed by atoms with van der Waals surface area (Å²) < 4.78 is 2.28. The lowest BCUT2D eigenvalue weighted by Gasteiger charge is -2.13. The fourth-order valence-corrected chi connectivity index (χ4v) is 6.77. The molecular weight excluding hydrogens is 548 g/mol. The van der Waals surface area contributed by atoms with Gasteiger partial charge in [-0.05, 0) is 81.9 Å². The molecule has 0 N–H and O–H groups in total. The summed E-state index contributed by atoms with van der Waals surface area (Å²) in [5, 5.41) is 8.00. The second kappa shape index (κ2) is 9.87. The Morgan fingerprint density at radius 2 is 1.29 bits per heavy atom. The second-order valence-electron chi connectivity index (χ2n) is 11.3. The Hall–Kier alpha value is -6.31. The number of nitrogens with zero attached hydrogens (tertiary/aromatic N) is 4. The number of benzene rings is 6. The topological polar surface area (TPSA) is 35.1 Å². The number of pyridine rings is 2. The van der Waals surface area contributed by atoms with Crippen molar-refractivity contribution in [2.45, 2.75) is 0 Å². The van der Waals surface area contributed by atoms with Gasteiger partial charge in [0.1, 0.15) is 0 Å². The van der Waals surface area contributed by atoms with Crippen LogP contribution in [-0.2, 0) is 0 Å². The highest BCUT2D eigenvalue weighted by atomic mass is 15.0. The summed E-state index contributed by atoms with van der Waals surface area (Å²) >= 11 is 0. The fraction of sp³-hybridized carbons (Fsp3) is 0. The Balaban J connectivity index is 1.31. The van der Waals surface area contributed by atoms with Crippen LogP contribution in [-0.4, -0.2) is 14.5 Å². The van der Waals surface area contributed by atoms with E-state index in [1.807, 2.05) is 42.6 Å². The van der Waals surface area contributed by atoms with Gasteiger partial charge in [-0.1, -0.05) is 84.9 Å². The largest absolute Gasteiger partial charge is 0.309 e. The van der Waals surface area contributed by atoms with Gasteiger partial charge >= 0.3 is 0 Å². The summed E-state index contributed by atoms with van der Waals surface area (Å²) in [6.45, 7) is 7.65. The molecule has 6 aromatic carbocycles. The monoisotopic (exact) mass is 572 g/mol. The molecule has 0 aliphatic heterocycles. The Bertz CT molecular complexity index is 2650. The van der Waals surface area contributed by atoms with Gasteiger partial charge in [-0.2, -0.15) is 0 Å². The molecular formula is C41H24N4. The van der Waals surface area contributed by atoms with Crippen LogP contribution in [0.4, 0.5) is 5.69 Å². The Kier molecular flexibility index (Phi) is 5.53. The Morgan fingerprint density at radius 3 is 2.13 bits per heavy atom. The van der Waals surface area contributed by atoms with E-state index in [1.165, 1.54) is 16.2 Å². The van der Waals surface area contributed by atoms with Crippen molar-refractivity contribution in [2.24, 2.45) is 0 Å². The first-order chi connectivity index (χ1) is 22.3. The van der Waals surface area contributed by atoms with Crippen LogP contribution in [0.1, 0.15) is 0 Å². The minimum atomic E-state index is 0.635. The molecule has 208 valence electrons. The highest BCUT2D eigenvalue weighted by molar-refractivity contribution is 6.22. The molecule has 4 nitrogen and oxygen atoms in total. The van der Waals surface area contributed by atoms with Crippen molar-refractivity contribution in [2.75, 3.05) is 0 Å². The minimum Gasteiger partial charge on any atom is -0.309 e. The molecule has 0 amide bonds. The molecule has 0 radical (unpaired) electrons. The van der Waals surface area contributed by atoms with Crippen LogP contribution in [0.2, 0.25) is 0 Å². The molecule has 0 atom stereocenters. The van der Waals surface area contributed by atoms with E-state index in [2.05, 4.69) is 118 Å². The molecule has 45 heavy (non-hydrogen) atoms. The average Bonchev–Trinajstić information content (AvgIpc) is 3.44. The normalized spacial score (nSPS) is 11.5. The Morgan fingerprint density at radius 1 is 0.556 bits per heavy atom. The molecule has 0 aliphatic rings. The lowest BCUT2D eigenvalue weighted by molar-refractivity contribution is 1.18. The maximum atomic E-state index is 7.65. The smallest absolute Gasteiger partial charge is 0.188 e. The van der Waals surface area contributed by atoms with Crippen LogP contribution < -0.4 is 0 Å². The van der Waals surface area contributed by atoms with E-state index >= 15 is 0 Å². The molecule has 0 aliphatic carbocycles. The third kappa shape index (κ3) is 3.92. The zero-order chi connectivity index (χ0) is 29.9. The number of rotatable bonds is 3. The van der Waals surface area contributed by atoms with Crippen molar-refractivity contribution < 1.29 is 0 Å². The molecule has 0 saturated heterocycles. The molecule has 0 unspecified atom stereocenters.